The molecule has 26 heavy (non-hydrogen) atoms. The summed E-state index contributed by atoms with van der Waals surface area (Å²) in [5.41, 5.74) is 2.69. The standard InChI is InChI=1S/C16H12Cl2N4O4/c17-11-4-5-14(18)13(7-11)16(24)19-9-15(23)21-20-8-10-2-1-3-12(6-10)22(25)26/h1-8H,9H2,(H,19,24)(H,21,23)/b20-8-. The lowest BCUT2D eigenvalue weighted by molar-refractivity contribution is -0.384. The Kier molecular flexibility index (Phi) is 6.65. The number of carbonyl (C=O) groups is 2. The molecule has 0 fully saturated rings. The van der Waals surface area contributed by atoms with Crippen LogP contribution in [-0.2, 0) is 4.79 Å². The third-order valence-corrected chi connectivity index (χ3v) is 3.63. The minimum absolute atomic E-state index is 0.0917. The molecule has 0 aliphatic rings. The number of amides is 2. The third-order valence-electron chi connectivity index (χ3n) is 3.07. The second kappa shape index (κ2) is 8.93. The van der Waals surface area contributed by atoms with Crippen LogP contribution in [0, 0.1) is 10.1 Å². The lowest BCUT2D eigenvalue weighted by Crippen LogP contribution is -2.35. The summed E-state index contributed by atoms with van der Waals surface area (Å²) in [5.74, 6) is -1.14. The van der Waals surface area contributed by atoms with Gasteiger partial charge in [0.25, 0.3) is 17.5 Å². The first-order chi connectivity index (χ1) is 12.4. The molecule has 0 saturated carbocycles. The molecule has 2 rings (SSSR count). The molecule has 0 aliphatic carbocycles. The number of hydrogen-bond donors (Lipinski definition) is 2. The van der Waals surface area contributed by atoms with Crippen LogP contribution >= 0.6 is 23.2 Å². The average molecular weight is 395 g/mol. The fourth-order valence-electron chi connectivity index (χ4n) is 1.86. The maximum Gasteiger partial charge on any atom is 0.270 e. The van der Waals surface area contributed by atoms with Gasteiger partial charge >= 0.3 is 0 Å². The molecule has 2 aromatic carbocycles. The molecule has 2 N–H and O–H groups in total. The zero-order valence-corrected chi connectivity index (χ0v) is 14.6. The predicted octanol–water partition coefficient (Wildman–Crippen LogP) is 2.78. The number of nitrogens with zero attached hydrogens (tertiary/aromatic N) is 2. The van der Waals surface area contributed by atoms with Gasteiger partial charge in [0.1, 0.15) is 0 Å². The van der Waals surface area contributed by atoms with E-state index >= 15 is 0 Å². The van der Waals surface area contributed by atoms with E-state index in [9.17, 15) is 19.7 Å². The first-order valence-electron chi connectivity index (χ1n) is 7.16. The van der Waals surface area contributed by atoms with Gasteiger partial charge < -0.3 is 5.32 Å². The fraction of sp³-hybridized carbons (Fsp3) is 0.0625. The van der Waals surface area contributed by atoms with Gasteiger partial charge in [-0.3, -0.25) is 19.7 Å². The molecular formula is C16H12Cl2N4O4. The van der Waals surface area contributed by atoms with E-state index in [1.54, 1.807) is 6.07 Å². The van der Waals surface area contributed by atoms with Crippen molar-refractivity contribution < 1.29 is 14.5 Å². The molecule has 0 unspecified atom stereocenters. The van der Waals surface area contributed by atoms with Crippen molar-refractivity contribution in [2.24, 2.45) is 5.10 Å². The van der Waals surface area contributed by atoms with Crippen LogP contribution in [0.3, 0.4) is 0 Å². The van der Waals surface area contributed by atoms with Gasteiger partial charge in [0.2, 0.25) is 0 Å². The first-order valence-corrected chi connectivity index (χ1v) is 7.92. The topological polar surface area (TPSA) is 114 Å². The van der Waals surface area contributed by atoms with E-state index in [4.69, 9.17) is 23.2 Å². The van der Waals surface area contributed by atoms with Crippen LogP contribution in [0.5, 0.6) is 0 Å². The van der Waals surface area contributed by atoms with Crippen LogP contribution in [0.2, 0.25) is 10.0 Å². The van der Waals surface area contributed by atoms with E-state index in [2.05, 4.69) is 15.8 Å². The van der Waals surface area contributed by atoms with Crippen LogP contribution < -0.4 is 10.7 Å². The number of nitrogens with one attached hydrogen (secondary N) is 2. The highest BCUT2D eigenvalue weighted by Gasteiger charge is 2.12. The molecule has 0 atom stereocenters. The molecule has 0 aromatic heterocycles. The van der Waals surface area contributed by atoms with Crippen molar-refractivity contribution in [1.29, 1.82) is 0 Å². The minimum atomic E-state index is -0.585. The quantitative estimate of drug-likeness (QED) is 0.445. The Bertz CT molecular complexity index is 886. The fourth-order valence-corrected chi connectivity index (χ4v) is 2.24. The number of nitro groups is 1. The second-order valence-electron chi connectivity index (χ2n) is 4.95. The highest BCUT2D eigenvalue weighted by Crippen LogP contribution is 2.20. The number of nitro benzene ring substituents is 1. The van der Waals surface area contributed by atoms with Crippen LogP contribution in [0.4, 0.5) is 5.69 Å². The predicted molar refractivity (Wildman–Crippen MR) is 97.6 cm³/mol. The van der Waals surface area contributed by atoms with Crippen molar-refractivity contribution in [3.05, 3.63) is 73.8 Å². The number of carbonyl (C=O) groups excluding carboxylic acids is 2. The number of non-ortho nitro benzene ring substituents is 1. The van der Waals surface area contributed by atoms with Crippen molar-refractivity contribution in [2.75, 3.05) is 6.54 Å². The molecule has 8 nitrogen and oxygen atoms in total. The van der Waals surface area contributed by atoms with Crippen molar-refractivity contribution in [2.45, 2.75) is 0 Å². The monoisotopic (exact) mass is 394 g/mol. The van der Waals surface area contributed by atoms with Gasteiger partial charge in [-0.15, -0.1) is 0 Å². The summed E-state index contributed by atoms with van der Waals surface area (Å²) in [6.07, 6.45) is 1.25. The molecule has 0 radical (unpaired) electrons. The number of hydrazone groups is 1. The molecule has 0 aliphatic heterocycles. The Labute approximate surface area is 157 Å². The zero-order valence-electron chi connectivity index (χ0n) is 13.1. The molecule has 0 spiro atoms. The van der Waals surface area contributed by atoms with Crippen molar-refractivity contribution in [3.63, 3.8) is 0 Å². The number of rotatable bonds is 6. The summed E-state index contributed by atoms with van der Waals surface area (Å²) in [5, 5.41) is 17.3. The van der Waals surface area contributed by atoms with Gasteiger partial charge in [0, 0.05) is 22.7 Å². The summed E-state index contributed by atoms with van der Waals surface area (Å²) in [7, 11) is 0. The summed E-state index contributed by atoms with van der Waals surface area (Å²) in [6, 6.07) is 10.1. The minimum Gasteiger partial charge on any atom is -0.343 e. The van der Waals surface area contributed by atoms with E-state index in [-0.39, 0.29) is 22.8 Å². The van der Waals surface area contributed by atoms with Crippen molar-refractivity contribution in [3.8, 4) is 0 Å². The van der Waals surface area contributed by atoms with Gasteiger partial charge in [-0.2, -0.15) is 5.10 Å². The normalized spacial score (nSPS) is 10.5. The van der Waals surface area contributed by atoms with Crippen molar-refractivity contribution >= 4 is 46.9 Å². The summed E-state index contributed by atoms with van der Waals surface area (Å²) < 4.78 is 0. The van der Waals surface area contributed by atoms with E-state index < -0.39 is 16.7 Å². The van der Waals surface area contributed by atoms with Crippen LogP contribution in [0.1, 0.15) is 15.9 Å². The molecule has 2 aromatic rings. The van der Waals surface area contributed by atoms with Gasteiger partial charge in [0.15, 0.2) is 0 Å². The number of hydrogen-bond acceptors (Lipinski definition) is 5. The molecule has 0 heterocycles. The van der Waals surface area contributed by atoms with E-state index in [0.717, 1.165) is 0 Å². The highest BCUT2D eigenvalue weighted by atomic mass is 35.5. The molecule has 0 bridgehead atoms. The second-order valence-corrected chi connectivity index (χ2v) is 5.80. The van der Waals surface area contributed by atoms with Crippen molar-refractivity contribution in [1.82, 2.24) is 10.7 Å². The van der Waals surface area contributed by atoms with Crippen LogP contribution in [0.25, 0.3) is 0 Å². The van der Waals surface area contributed by atoms with E-state index in [0.29, 0.717) is 10.6 Å². The lowest BCUT2D eigenvalue weighted by atomic mass is 10.2. The average Bonchev–Trinajstić information content (AvgIpc) is 2.62. The van der Waals surface area contributed by atoms with Gasteiger partial charge in [0.05, 0.1) is 28.3 Å². The SMILES string of the molecule is O=C(CNC(=O)c1cc(Cl)ccc1Cl)N/N=C\c1cccc([N+](=O)[O-])c1. The van der Waals surface area contributed by atoms with Crippen LogP contribution in [-0.4, -0.2) is 29.5 Å². The van der Waals surface area contributed by atoms with Gasteiger partial charge in [-0.1, -0.05) is 35.3 Å². The lowest BCUT2D eigenvalue weighted by Gasteiger charge is -2.06. The Morgan fingerprint density at radius 2 is 1.96 bits per heavy atom. The summed E-state index contributed by atoms with van der Waals surface area (Å²) in [6.45, 7) is -0.339. The maximum atomic E-state index is 12.0. The Morgan fingerprint density at radius 1 is 1.19 bits per heavy atom. The number of benzene rings is 2. The Hall–Kier alpha value is -2.97. The van der Waals surface area contributed by atoms with E-state index in [1.165, 1.54) is 42.6 Å². The molecule has 0 saturated heterocycles. The third kappa shape index (κ3) is 5.54. The highest BCUT2D eigenvalue weighted by molar-refractivity contribution is 6.35. The largest absolute Gasteiger partial charge is 0.343 e. The zero-order chi connectivity index (χ0) is 19.1. The maximum absolute atomic E-state index is 12.0. The summed E-state index contributed by atoms with van der Waals surface area (Å²) >= 11 is 11.7. The molecule has 134 valence electrons. The van der Waals surface area contributed by atoms with Gasteiger partial charge in [-0.05, 0) is 18.2 Å². The van der Waals surface area contributed by atoms with E-state index in [1.807, 2.05) is 0 Å². The Morgan fingerprint density at radius 3 is 2.69 bits per heavy atom. The first kappa shape index (κ1) is 19.4. The van der Waals surface area contributed by atoms with Gasteiger partial charge in [-0.25, -0.2) is 5.43 Å². The summed E-state index contributed by atoms with van der Waals surface area (Å²) in [4.78, 5) is 33.8. The van der Waals surface area contributed by atoms with Crippen LogP contribution in [0.15, 0.2) is 47.6 Å². The molecule has 2 amide bonds. The molecular weight excluding hydrogens is 383 g/mol. The smallest absolute Gasteiger partial charge is 0.270 e. The number of halogens is 2. The molecule has 10 heteroatoms. The Balaban J connectivity index is 1.87.